The lowest BCUT2D eigenvalue weighted by Crippen LogP contribution is -3.27. The summed E-state index contributed by atoms with van der Waals surface area (Å²) in [6.45, 7) is 0. The van der Waals surface area contributed by atoms with Gasteiger partial charge in [0.15, 0.2) is 0 Å². The highest BCUT2D eigenvalue weighted by molar-refractivity contribution is 6.43. The van der Waals surface area contributed by atoms with Crippen LogP contribution in [0.5, 0.6) is 0 Å². The molecule has 2 atom stereocenters. The smallest absolute Gasteiger partial charge is 0.150 e. The summed E-state index contributed by atoms with van der Waals surface area (Å²) in [6, 6.07) is 10.2. The molecule has 1 aliphatic heterocycles. The van der Waals surface area contributed by atoms with Crippen LogP contribution >= 0.6 is 0 Å². The number of hydrogen-bond acceptors (Lipinski definition) is 1. The van der Waals surface area contributed by atoms with Crippen LogP contribution in [-0.2, 0) is 0 Å². The van der Waals surface area contributed by atoms with E-state index >= 15 is 0 Å². The predicted octanol–water partition coefficient (Wildman–Crippen LogP) is -1.75. The Morgan fingerprint density at radius 1 is 1.18 bits per heavy atom. The van der Waals surface area contributed by atoms with Crippen LogP contribution in [0.3, 0.4) is 0 Å². The van der Waals surface area contributed by atoms with E-state index in [0.29, 0.717) is 11.8 Å². The summed E-state index contributed by atoms with van der Waals surface area (Å²) in [5, 5.41) is 0. The van der Waals surface area contributed by atoms with Gasteiger partial charge in [-0.3, -0.25) is 14.6 Å². The zero-order valence-corrected chi connectivity index (χ0v) is 10.7. The summed E-state index contributed by atoms with van der Waals surface area (Å²) < 4.78 is 0. The fourth-order valence-electron chi connectivity index (χ4n) is 2.77. The van der Waals surface area contributed by atoms with Gasteiger partial charge in [0.25, 0.3) is 0 Å². The van der Waals surface area contributed by atoms with Gasteiger partial charge in [-0.1, -0.05) is 30.3 Å². The van der Waals surface area contributed by atoms with Crippen LogP contribution in [0.1, 0.15) is 10.4 Å². The molecule has 90 valence electrons. The second-order valence-corrected chi connectivity index (χ2v) is 5.09. The minimum Gasteiger partial charge on any atom is -0.298 e. The second kappa shape index (κ2) is 5.30. The van der Waals surface area contributed by atoms with Crippen molar-refractivity contribution in [2.75, 3.05) is 14.1 Å². The van der Waals surface area contributed by atoms with Crippen LogP contribution in [0.4, 0.5) is 0 Å². The van der Waals surface area contributed by atoms with E-state index in [1.54, 1.807) is 0 Å². The first kappa shape index (κ1) is 12.1. The van der Waals surface area contributed by atoms with Crippen molar-refractivity contribution >= 4 is 13.1 Å². The lowest BCUT2D eigenvalue weighted by atomic mass is 9.67. The molecule has 2 N–H and O–H groups in total. The van der Waals surface area contributed by atoms with Crippen molar-refractivity contribution in [2.24, 2.45) is 0 Å². The third-order valence-electron chi connectivity index (χ3n) is 4.00. The maximum absolute atomic E-state index is 12.0. The molecule has 0 radical (unpaired) electrons. The quantitative estimate of drug-likeness (QED) is 0.466. The predicted molar refractivity (Wildman–Crippen MR) is 70.8 cm³/mol. The number of Topliss-reactive ketones (excluding diaryl/α,β-unsaturated/α-hetero) is 1. The van der Waals surface area contributed by atoms with Crippen LogP contribution in [-0.4, -0.2) is 33.2 Å². The molecule has 1 aromatic carbocycles. The molecule has 1 aliphatic rings. The molecule has 2 rings (SSSR count). The van der Waals surface area contributed by atoms with Crippen molar-refractivity contribution in [1.82, 2.24) is 0 Å². The van der Waals surface area contributed by atoms with Gasteiger partial charge < -0.3 is 0 Å². The van der Waals surface area contributed by atoms with Crippen molar-refractivity contribution < 1.29 is 14.6 Å². The van der Waals surface area contributed by atoms with E-state index < -0.39 is 0 Å². The minimum atomic E-state index is -0.253. The van der Waals surface area contributed by atoms with Crippen molar-refractivity contribution in [3.05, 3.63) is 48.3 Å². The van der Waals surface area contributed by atoms with Gasteiger partial charge in [0, 0.05) is 5.56 Å². The molecule has 3 nitrogen and oxygen atoms in total. The Bertz CT molecular complexity index is 407. The molecule has 4 heteroatoms. The lowest BCUT2D eigenvalue weighted by Gasteiger charge is -2.23. The van der Waals surface area contributed by atoms with Crippen LogP contribution in [0.15, 0.2) is 42.7 Å². The zero-order valence-electron chi connectivity index (χ0n) is 10.7. The first-order valence-electron chi connectivity index (χ1n) is 6.49. The van der Waals surface area contributed by atoms with Gasteiger partial charge in [0.1, 0.15) is 25.5 Å². The van der Waals surface area contributed by atoms with Gasteiger partial charge >= 0.3 is 0 Å². The first-order chi connectivity index (χ1) is 8.18. The third kappa shape index (κ3) is 2.84. The normalized spacial score (nSPS) is 27.3. The summed E-state index contributed by atoms with van der Waals surface area (Å²) in [5.41, 5.74) is 0.859. The van der Waals surface area contributed by atoms with Crippen LogP contribution in [0.25, 0.3) is 0 Å². The summed E-state index contributed by atoms with van der Waals surface area (Å²) in [5.74, 6) is 0.304. The van der Waals surface area contributed by atoms with E-state index in [0.717, 1.165) is 11.9 Å². The zero-order chi connectivity index (χ0) is 12.3. The molecular formula is C13H20BN2O+. The van der Waals surface area contributed by atoms with Gasteiger partial charge in [-0.2, -0.15) is 0 Å². The van der Waals surface area contributed by atoms with E-state index in [9.17, 15) is 4.79 Å². The molecule has 0 aliphatic carbocycles. The Morgan fingerprint density at radius 2 is 1.76 bits per heavy atom. The molecule has 0 fully saturated rings. The number of hydrogen-bond donors (Lipinski definition) is 2. The maximum atomic E-state index is 12.0. The Hall–Kier alpha value is -1.39. The van der Waals surface area contributed by atoms with E-state index in [4.69, 9.17) is 0 Å². The highest BCUT2D eigenvalue weighted by Crippen LogP contribution is 2.02. The number of benzene rings is 1. The van der Waals surface area contributed by atoms with E-state index in [1.807, 2.05) is 30.3 Å². The number of carbonyl (C=O) groups excluding carboxylic acids is 1. The third-order valence-corrected chi connectivity index (χ3v) is 4.00. The standard InChI is InChI=1S/C13H18BN2O/c1-15-8-9-16(2)13(15)14-10-12(17)11-6-4-3-5-7-11/h3-9,13H,10,14H2,1-2H3/q-1/p+2. The second-order valence-electron chi connectivity index (χ2n) is 5.09. The van der Waals surface area contributed by atoms with Crippen molar-refractivity contribution in [3.63, 3.8) is 0 Å². The fourth-order valence-corrected chi connectivity index (χ4v) is 2.77. The van der Waals surface area contributed by atoms with Crippen LogP contribution < -0.4 is 9.80 Å². The summed E-state index contributed by atoms with van der Waals surface area (Å²) in [4.78, 5) is 14.9. The van der Waals surface area contributed by atoms with Crippen molar-refractivity contribution in [1.29, 1.82) is 0 Å². The molecule has 17 heavy (non-hydrogen) atoms. The summed E-state index contributed by atoms with van der Waals surface area (Å²) in [7, 11) is 4.10. The molecular weight excluding hydrogens is 211 g/mol. The van der Waals surface area contributed by atoms with Crippen LogP contribution in [0, 0.1) is 0 Å². The molecule has 1 heterocycles. The van der Waals surface area contributed by atoms with Crippen molar-refractivity contribution in [2.45, 2.75) is 12.4 Å². The first-order valence-corrected chi connectivity index (χ1v) is 6.49. The van der Waals surface area contributed by atoms with Gasteiger partial charge in [0.05, 0.1) is 20.2 Å². The SMILES string of the molecule is C[NH+]1C=C[NH+](C)C1[BH2-]CC(=O)c1ccccc1. The molecule has 0 bridgehead atoms. The van der Waals surface area contributed by atoms with Crippen molar-refractivity contribution in [3.8, 4) is 0 Å². The Kier molecular flexibility index (Phi) is 3.76. The highest BCUT2D eigenvalue weighted by Gasteiger charge is 2.25. The number of quaternary nitrogens is 2. The molecule has 0 saturated carbocycles. The molecule has 0 amide bonds. The number of carbonyl (C=O) groups is 1. The Labute approximate surface area is 103 Å². The van der Waals surface area contributed by atoms with Gasteiger partial charge in [-0.15, -0.1) is 6.32 Å². The fraction of sp³-hybridized carbons (Fsp3) is 0.308. The number of nitrogens with one attached hydrogen (secondary N) is 2. The van der Waals surface area contributed by atoms with E-state index in [1.165, 1.54) is 9.80 Å². The number of rotatable bonds is 4. The molecule has 0 saturated heterocycles. The Morgan fingerprint density at radius 3 is 2.35 bits per heavy atom. The average molecular weight is 231 g/mol. The lowest BCUT2D eigenvalue weighted by molar-refractivity contribution is -1.01. The maximum Gasteiger partial charge on any atom is 0.150 e. The molecule has 0 aromatic heterocycles. The van der Waals surface area contributed by atoms with Gasteiger partial charge in [-0.25, -0.2) is 0 Å². The largest absolute Gasteiger partial charge is 0.298 e. The highest BCUT2D eigenvalue weighted by atomic mass is 16.1. The monoisotopic (exact) mass is 231 g/mol. The molecule has 1 aromatic rings. The minimum absolute atomic E-state index is 0.253. The van der Waals surface area contributed by atoms with E-state index in [-0.39, 0.29) is 7.28 Å². The average Bonchev–Trinajstić information content (AvgIpc) is 2.67. The van der Waals surface area contributed by atoms with Crippen LogP contribution in [0.2, 0.25) is 6.32 Å². The molecule has 0 spiro atoms. The van der Waals surface area contributed by atoms with Gasteiger partial charge in [-0.05, 0) is 0 Å². The van der Waals surface area contributed by atoms with E-state index in [2.05, 4.69) is 26.5 Å². The Balaban J connectivity index is 1.89. The number of ketones is 1. The van der Waals surface area contributed by atoms with Gasteiger partial charge in [0.2, 0.25) is 0 Å². The summed E-state index contributed by atoms with van der Waals surface area (Å²) >= 11 is 0. The molecule has 2 unspecified atom stereocenters. The topological polar surface area (TPSA) is 26.0 Å². The summed E-state index contributed by atoms with van der Waals surface area (Å²) in [6.07, 6.45) is 5.14.